The third kappa shape index (κ3) is 5.19. The Balaban J connectivity index is 2.07. The van der Waals surface area contributed by atoms with Gasteiger partial charge in [-0.05, 0) is 37.1 Å². The van der Waals surface area contributed by atoms with Crippen molar-refractivity contribution in [3.8, 4) is 17.0 Å². The van der Waals surface area contributed by atoms with Crippen LogP contribution in [0.3, 0.4) is 0 Å². The lowest BCUT2D eigenvalue weighted by molar-refractivity contribution is -0.440. The van der Waals surface area contributed by atoms with Crippen molar-refractivity contribution >= 4 is 0 Å². The molecule has 0 saturated carbocycles. The largest absolute Gasteiger partial charge is 0.493 e. The number of aromatic nitrogens is 1. The van der Waals surface area contributed by atoms with Crippen molar-refractivity contribution in [1.29, 1.82) is 0 Å². The molecule has 0 unspecified atom stereocenters. The maximum atomic E-state index is 13.8. The van der Waals surface area contributed by atoms with Crippen molar-refractivity contribution < 1.29 is 61.8 Å². The summed E-state index contributed by atoms with van der Waals surface area (Å²) >= 11 is 0. The molecule has 0 spiro atoms. The zero-order valence-corrected chi connectivity index (χ0v) is 17.7. The third-order valence-corrected chi connectivity index (χ3v) is 4.97. The first-order valence-electron chi connectivity index (χ1n) is 9.90. The molecule has 0 aliphatic rings. The van der Waals surface area contributed by atoms with Gasteiger partial charge in [0.05, 0.1) is 12.3 Å². The van der Waals surface area contributed by atoms with E-state index in [4.69, 9.17) is 4.74 Å². The summed E-state index contributed by atoms with van der Waals surface area (Å²) in [5.41, 5.74) is 0.889. The molecule has 36 heavy (non-hydrogen) atoms. The molecule has 0 aliphatic heterocycles. The lowest BCUT2D eigenvalue weighted by Gasteiger charge is -2.39. The molecule has 1 aromatic heterocycles. The van der Waals surface area contributed by atoms with Crippen LogP contribution in [-0.4, -0.2) is 47.4 Å². The van der Waals surface area contributed by atoms with Crippen LogP contribution in [0.2, 0.25) is 0 Å². The molecule has 0 aliphatic carbocycles. The molecule has 2 aromatic rings. The molecule has 0 amide bonds. The van der Waals surface area contributed by atoms with Gasteiger partial charge >= 0.3 is 35.8 Å². The van der Waals surface area contributed by atoms with Crippen molar-refractivity contribution in [2.75, 3.05) is 6.61 Å². The number of rotatable bonds is 11. The van der Waals surface area contributed by atoms with Gasteiger partial charge in [0.25, 0.3) is 0 Å². The summed E-state index contributed by atoms with van der Waals surface area (Å²) in [5, 5.41) is 0. The molecule has 0 radical (unpaired) electrons. The van der Waals surface area contributed by atoms with Gasteiger partial charge in [0.1, 0.15) is 5.75 Å². The Bertz CT molecular complexity index is 1010. The van der Waals surface area contributed by atoms with Crippen molar-refractivity contribution in [1.82, 2.24) is 4.98 Å². The molecule has 1 aromatic carbocycles. The van der Waals surface area contributed by atoms with E-state index in [1.54, 1.807) is 30.3 Å². The van der Waals surface area contributed by atoms with Crippen LogP contribution >= 0.6 is 0 Å². The Morgan fingerprint density at radius 3 is 1.72 bits per heavy atom. The van der Waals surface area contributed by atoms with Crippen LogP contribution in [0, 0.1) is 0 Å². The SMILES string of the molecule is FC(F)(F)C(F)(F)C(F)(F)C(F)(F)C(F)(F)C(F)(F)CCCCOc1ccccc1-c1ccccn1. The van der Waals surface area contributed by atoms with Gasteiger partial charge in [-0.1, -0.05) is 18.2 Å². The molecule has 15 heteroatoms. The molecule has 2 nitrogen and oxygen atoms in total. The van der Waals surface area contributed by atoms with Crippen LogP contribution in [0.15, 0.2) is 48.7 Å². The van der Waals surface area contributed by atoms with Crippen LogP contribution < -0.4 is 4.74 Å². The Kier molecular flexibility index (Phi) is 8.16. The van der Waals surface area contributed by atoms with Gasteiger partial charge in [0.15, 0.2) is 0 Å². The second-order valence-corrected chi connectivity index (χ2v) is 7.52. The summed E-state index contributed by atoms with van der Waals surface area (Å²) in [6.07, 6.45) is -9.80. The lowest BCUT2D eigenvalue weighted by atomic mass is 9.92. The second-order valence-electron chi connectivity index (χ2n) is 7.52. The standard InChI is InChI=1S/C21H16F13NO/c22-16(23,17(24,25)18(26,27)19(28,29)20(30,31)21(32,33)34)10-4-6-12-36-15-9-2-1-7-13(15)14-8-3-5-11-35-14/h1-3,5,7-9,11H,4,6,10,12H2. The Hall–Kier alpha value is -2.74. The van der Waals surface area contributed by atoms with Gasteiger partial charge in [-0.25, -0.2) is 0 Å². The summed E-state index contributed by atoms with van der Waals surface area (Å²) < 4.78 is 176. The number of nitrogens with zero attached hydrogens (tertiary/aromatic N) is 1. The van der Waals surface area contributed by atoms with Crippen LogP contribution in [0.25, 0.3) is 11.3 Å². The van der Waals surface area contributed by atoms with Gasteiger partial charge in [-0.3, -0.25) is 4.98 Å². The average Bonchev–Trinajstić information content (AvgIpc) is 2.78. The summed E-state index contributed by atoms with van der Waals surface area (Å²) in [6.45, 7) is -0.454. The number of ether oxygens (including phenoxy) is 1. The van der Waals surface area contributed by atoms with Crippen LogP contribution in [0.5, 0.6) is 5.75 Å². The number of benzene rings is 1. The number of unbranched alkanes of at least 4 members (excludes halogenated alkanes) is 1. The first-order valence-corrected chi connectivity index (χ1v) is 9.90. The predicted molar refractivity (Wildman–Crippen MR) is 99.8 cm³/mol. The molecule has 0 saturated heterocycles. The van der Waals surface area contributed by atoms with E-state index in [0.29, 0.717) is 11.3 Å². The van der Waals surface area contributed by atoms with E-state index in [1.807, 2.05) is 0 Å². The van der Waals surface area contributed by atoms with Gasteiger partial charge in [0, 0.05) is 18.2 Å². The number of hydrogen-bond acceptors (Lipinski definition) is 2. The lowest BCUT2D eigenvalue weighted by Crippen LogP contribution is -2.70. The summed E-state index contributed by atoms with van der Waals surface area (Å²) in [4.78, 5) is 4.07. The highest BCUT2D eigenvalue weighted by atomic mass is 19.4. The van der Waals surface area contributed by atoms with Gasteiger partial charge in [-0.15, -0.1) is 0 Å². The number of pyridine rings is 1. The normalized spacial score (nSPS) is 14.1. The monoisotopic (exact) mass is 545 g/mol. The maximum absolute atomic E-state index is 13.8. The first kappa shape index (κ1) is 29.5. The maximum Gasteiger partial charge on any atom is 0.460 e. The number of halogens is 13. The minimum atomic E-state index is -7.89. The molecule has 0 fully saturated rings. The Morgan fingerprint density at radius 1 is 0.611 bits per heavy atom. The number of hydrogen-bond donors (Lipinski definition) is 0. The van der Waals surface area contributed by atoms with E-state index < -0.39 is 61.7 Å². The van der Waals surface area contributed by atoms with E-state index in [9.17, 15) is 57.1 Å². The predicted octanol–water partition coefficient (Wildman–Crippen LogP) is 8.04. The Labute approximate surface area is 195 Å². The van der Waals surface area contributed by atoms with E-state index in [1.165, 1.54) is 18.3 Å². The average molecular weight is 545 g/mol. The second kappa shape index (κ2) is 9.96. The van der Waals surface area contributed by atoms with E-state index in [2.05, 4.69) is 4.98 Å². The summed E-state index contributed by atoms with van der Waals surface area (Å²) in [7, 11) is 0. The molecule has 0 bridgehead atoms. The van der Waals surface area contributed by atoms with Gasteiger partial charge in [-0.2, -0.15) is 57.1 Å². The van der Waals surface area contributed by atoms with E-state index >= 15 is 0 Å². The van der Waals surface area contributed by atoms with Crippen molar-refractivity contribution in [3.63, 3.8) is 0 Å². The van der Waals surface area contributed by atoms with Gasteiger partial charge < -0.3 is 4.74 Å². The molecular formula is C21H16F13NO. The fourth-order valence-electron chi connectivity index (χ4n) is 2.92. The van der Waals surface area contributed by atoms with Gasteiger partial charge in [0.2, 0.25) is 0 Å². The highest BCUT2D eigenvalue weighted by Gasteiger charge is 2.90. The fraction of sp³-hybridized carbons (Fsp3) is 0.476. The van der Waals surface area contributed by atoms with Crippen LogP contribution in [-0.2, 0) is 0 Å². The zero-order chi connectivity index (χ0) is 27.6. The van der Waals surface area contributed by atoms with Crippen LogP contribution in [0.4, 0.5) is 57.1 Å². The number of para-hydroxylation sites is 1. The minimum absolute atomic E-state index is 0.175. The number of alkyl halides is 13. The fourth-order valence-corrected chi connectivity index (χ4v) is 2.92. The van der Waals surface area contributed by atoms with Crippen molar-refractivity contribution in [2.24, 2.45) is 0 Å². The van der Waals surface area contributed by atoms with E-state index in [-0.39, 0.29) is 5.75 Å². The molecule has 0 atom stereocenters. The van der Waals surface area contributed by atoms with Crippen molar-refractivity contribution in [3.05, 3.63) is 48.7 Å². The minimum Gasteiger partial charge on any atom is -0.493 e. The van der Waals surface area contributed by atoms with Crippen LogP contribution in [0.1, 0.15) is 19.3 Å². The zero-order valence-electron chi connectivity index (χ0n) is 17.7. The first-order chi connectivity index (χ1) is 16.3. The summed E-state index contributed by atoms with van der Waals surface area (Å²) in [5.74, 6) is -36.5. The highest BCUT2D eigenvalue weighted by Crippen LogP contribution is 2.60. The molecule has 202 valence electrons. The molecule has 2 rings (SSSR count). The van der Waals surface area contributed by atoms with E-state index in [0.717, 1.165) is 0 Å². The smallest absolute Gasteiger partial charge is 0.460 e. The molecular weight excluding hydrogens is 529 g/mol. The quantitative estimate of drug-likeness (QED) is 0.211. The topological polar surface area (TPSA) is 22.1 Å². The third-order valence-electron chi connectivity index (χ3n) is 4.97. The summed E-state index contributed by atoms with van der Waals surface area (Å²) in [6, 6.07) is 11.0. The van der Waals surface area contributed by atoms with Crippen molar-refractivity contribution in [2.45, 2.75) is 55.1 Å². The molecule has 1 heterocycles. The Morgan fingerprint density at radius 2 is 1.17 bits per heavy atom. The highest BCUT2D eigenvalue weighted by molar-refractivity contribution is 5.66. The molecule has 0 N–H and O–H groups in total.